The van der Waals surface area contributed by atoms with Crippen LogP contribution >= 0.6 is 15.9 Å². The summed E-state index contributed by atoms with van der Waals surface area (Å²) in [5.41, 5.74) is 0. The maximum atomic E-state index is 6.69. The average molecular weight is 419 g/mol. The second kappa shape index (κ2) is 9.55. The number of ether oxygens (including phenoxy) is 2. The molecule has 0 saturated carbocycles. The Morgan fingerprint density at radius 3 is 2.46 bits per heavy atom. The second-order valence-corrected chi connectivity index (χ2v) is 13.9. The Balaban J connectivity index is 3.03. The molecular formula is C19H35BrO3Si. The van der Waals surface area contributed by atoms with E-state index in [0.717, 1.165) is 19.3 Å². The van der Waals surface area contributed by atoms with E-state index in [0.29, 0.717) is 4.83 Å². The van der Waals surface area contributed by atoms with Gasteiger partial charge in [0.2, 0.25) is 0 Å². The first-order valence-corrected chi connectivity index (χ1v) is 12.8. The van der Waals surface area contributed by atoms with Crippen LogP contribution < -0.4 is 0 Å². The molecule has 5 heteroatoms. The summed E-state index contributed by atoms with van der Waals surface area (Å²) in [6, 6.07) is 0. The number of alkyl halides is 1. The molecule has 0 bridgehead atoms. The van der Waals surface area contributed by atoms with Gasteiger partial charge in [-0.05, 0) is 43.5 Å². The lowest BCUT2D eigenvalue weighted by molar-refractivity contribution is -0.0484. The summed E-state index contributed by atoms with van der Waals surface area (Å²) in [5, 5.41) is 0.176. The maximum Gasteiger partial charge on any atom is 0.192 e. The van der Waals surface area contributed by atoms with Gasteiger partial charge in [0.05, 0.1) is 25.6 Å². The molecule has 0 unspecified atom stereocenters. The smallest absolute Gasteiger partial charge is 0.192 e. The van der Waals surface area contributed by atoms with Crippen LogP contribution in [0.3, 0.4) is 0 Å². The summed E-state index contributed by atoms with van der Waals surface area (Å²) in [6.07, 6.45) is 11.1. The Kier molecular flexibility index (Phi) is 8.73. The van der Waals surface area contributed by atoms with Gasteiger partial charge in [-0.15, -0.1) is 0 Å². The predicted octanol–water partition coefficient (Wildman–Crippen LogP) is 5.81. The Morgan fingerprint density at radius 2 is 1.92 bits per heavy atom. The van der Waals surface area contributed by atoms with Crippen LogP contribution in [-0.2, 0) is 13.9 Å². The van der Waals surface area contributed by atoms with Gasteiger partial charge in [0.15, 0.2) is 8.32 Å². The third-order valence-corrected chi connectivity index (χ3v) is 10.8. The van der Waals surface area contributed by atoms with Crippen LogP contribution in [0.25, 0.3) is 0 Å². The molecule has 0 N–H and O–H groups in total. The highest BCUT2D eigenvalue weighted by atomic mass is 79.9. The largest absolute Gasteiger partial charge is 0.505 e. The van der Waals surface area contributed by atoms with Crippen molar-refractivity contribution in [3.8, 4) is 0 Å². The fourth-order valence-electron chi connectivity index (χ4n) is 2.43. The van der Waals surface area contributed by atoms with Gasteiger partial charge in [0, 0.05) is 4.83 Å². The van der Waals surface area contributed by atoms with Gasteiger partial charge in [0.1, 0.15) is 6.10 Å². The zero-order chi connectivity index (χ0) is 18.4. The third kappa shape index (κ3) is 6.32. The molecule has 4 atom stereocenters. The molecule has 0 spiro atoms. The first-order chi connectivity index (χ1) is 11.1. The van der Waals surface area contributed by atoms with Gasteiger partial charge < -0.3 is 13.9 Å². The van der Waals surface area contributed by atoms with Crippen LogP contribution in [0.5, 0.6) is 0 Å². The van der Waals surface area contributed by atoms with Crippen molar-refractivity contribution in [1.29, 1.82) is 0 Å². The number of methoxy groups -OCH3 is 1. The van der Waals surface area contributed by atoms with Gasteiger partial charge in [-0.1, -0.05) is 55.8 Å². The van der Waals surface area contributed by atoms with E-state index in [1.807, 2.05) is 6.08 Å². The number of hydrogen-bond donors (Lipinski definition) is 0. The molecule has 1 aliphatic heterocycles. The molecular weight excluding hydrogens is 384 g/mol. The van der Waals surface area contributed by atoms with Crippen molar-refractivity contribution in [1.82, 2.24) is 0 Å². The molecule has 1 aliphatic rings. The molecule has 0 saturated heterocycles. The van der Waals surface area contributed by atoms with E-state index >= 15 is 0 Å². The molecule has 0 aromatic heterocycles. The summed E-state index contributed by atoms with van der Waals surface area (Å²) in [5.74, 6) is 0. The molecule has 0 amide bonds. The van der Waals surface area contributed by atoms with E-state index in [1.165, 1.54) is 0 Å². The summed E-state index contributed by atoms with van der Waals surface area (Å²) in [6.45, 7) is 13.6. The Labute approximate surface area is 158 Å². The normalized spacial score (nSPS) is 29.1. The summed E-state index contributed by atoms with van der Waals surface area (Å²) in [4.78, 5) is 0.340. The lowest BCUT2D eigenvalue weighted by Gasteiger charge is -2.42. The fourth-order valence-corrected chi connectivity index (χ4v) is 4.11. The van der Waals surface area contributed by atoms with E-state index in [4.69, 9.17) is 13.9 Å². The van der Waals surface area contributed by atoms with Gasteiger partial charge in [-0.2, -0.15) is 0 Å². The molecule has 1 heterocycles. The zero-order valence-electron chi connectivity index (χ0n) is 16.3. The topological polar surface area (TPSA) is 27.7 Å². The number of hydrogen-bond acceptors (Lipinski definition) is 3. The fraction of sp³-hybridized carbons (Fsp3) is 0.789. The standard InChI is InChI=1S/C19H35BrO3Si/c1-8-15(20)16-11-9-10-12-18(17(22-16)13-14-21-5)23-24(6,7)19(2,3)4/h9-10,13-18H,8,11-12H2,1-7H3/b10-9-,14-13+/t15-,16+,17-,18-/m0/s1. The van der Waals surface area contributed by atoms with Gasteiger partial charge in [0.25, 0.3) is 0 Å². The minimum Gasteiger partial charge on any atom is -0.505 e. The molecule has 24 heavy (non-hydrogen) atoms. The molecule has 0 aromatic rings. The monoisotopic (exact) mass is 418 g/mol. The summed E-state index contributed by atoms with van der Waals surface area (Å²) >= 11 is 3.76. The number of rotatable bonds is 6. The minimum absolute atomic E-state index is 0.0212. The van der Waals surface area contributed by atoms with Crippen molar-refractivity contribution in [3.63, 3.8) is 0 Å². The molecule has 0 fully saturated rings. The Hall–Kier alpha value is -0.103. The van der Waals surface area contributed by atoms with Crippen LogP contribution in [0.15, 0.2) is 24.5 Å². The van der Waals surface area contributed by atoms with Gasteiger partial charge >= 0.3 is 0 Å². The summed E-state index contributed by atoms with van der Waals surface area (Å²) < 4.78 is 18.3. The van der Waals surface area contributed by atoms with Crippen LogP contribution in [0.1, 0.15) is 47.0 Å². The third-order valence-electron chi connectivity index (χ3n) is 5.05. The minimum atomic E-state index is -1.87. The highest BCUT2D eigenvalue weighted by Gasteiger charge is 2.41. The maximum absolute atomic E-state index is 6.69. The molecule has 1 rings (SSSR count). The first kappa shape index (κ1) is 21.9. The molecule has 0 radical (unpaired) electrons. The van der Waals surface area contributed by atoms with Crippen molar-refractivity contribution < 1.29 is 13.9 Å². The van der Waals surface area contributed by atoms with Crippen LogP contribution in [0.2, 0.25) is 18.1 Å². The zero-order valence-corrected chi connectivity index (χ0v) is 18.9. The first-order valence-electron chi connectivity index (χ1n) is 8.94. The summed E-state index contributed by atoms with van der Waals surface area (Å²) in [7, 11) is -0.203. The van der Waals surface area contributed by atoms with Gasteiger partial charge in [-0.3, -0.25) is 0 Å². The van der Waals surface area contributed by atoms with Crippen molar-refractivity contribution in [3.05, 3.63) is 24.5 Å². The van der Waals surface area contributed by atoms with E-state index in [2.05, 4.69) is 68.9 Å². The Morgan fingerprint density at radius 1 is 1.29 bits per heavy atom. The SMILES string of the molecule is CC[C@H](Br)[C@H]1C/C=C\C[C@H](O[Si](C)(C)C(C)(C)C)[C@H](/C=C/OC)O1. The predicted molar refractivity (Wildman–Crippen MR) is 108 cm³/mol. The molecule has 3 nitrogen and oxygen atoms in total. The highest BCUT2D eigenvalue weighted by Crippen LogP contribution is 2.39. The highest BCUT2D eigenvalue weighted by molar-refractivity contribution is 9.09. The van der Waals surface area contributed by atoms with Gasteiger partial charge in [-0.25, -0.2) is 0 Å². The van der Waals surface area contributed by atoms with E-state index < -0.39 is 8.32 Å². The van der Waals surface area contributed by atoms with Crippen molar-refractivity contribution in [2.24, 2.45) is 0 Å². The lowest BCUT2D eigenvalue weighted by atomic mass is 10.0. The average Bonchev–Trinajstić information content (AvgIpc) is 2.47. The van der Waals surface area contributed by atoms with Crippen molar-refractivity contribution in [2.75, 3.05) is 7.11 Å². The van der Waals surface area contributed by atoms with E-state index in [-0.39, 0.29) is 23.4 Å². The second-order valence-electron chi connectivity index (χ2n) is 7.99. The molecule has 0 aliphatic carbocycles. The van der Waals surface area contributed by atoms with E-state index in [1.54, 1.807) is 13.4 Å². The van der Waals surface area contributed by atoms with Crippen molar-refractivity contribution >= 4 is 24.2 Å². The van der Waals surface area contributed by atoms with E-state index in [9.17, 15) is 0 Å². The molecule has 0 aromatic carbocycles. The quantitative estimate of drug-likeness (QED) is 0.235. The number of halogens is 1. The molecule has 140 valence electrons. The van der Waals surface area contributed by atoms with Crippen LogP contribution in [0, 0.1) is 0 Å². The Bertz CT molecular complexity index is 429. The lowest BCUT2D eigenvalue weighted by Crippen LogP contribution is -2.48. The van der Waals surface area contributed by atoms with Crippen LogP contribution in [0.4, 0.5) is 0 Å². The van der Waals surface area contributed by atoms with Crippen LogP contribution in [-0.4, -0.2) is 38.6 Å². The van der Waals surface area contributed by atoms with Crippen molar-refractivity contribution in [2.45, 2.75) is 88.2 Å².